The number of benzene rings is 2. The molecule has 1 unspecified atom stereocenters. The van der Waals surface area contributed by atoms with Gasteiger partial charge in [0.25, 0.3) is 11.6 Å². The molecule has 3 rings (SSSR count). The van der Waals surface area contributed by atoms with E-state index in [0.29, 0.717) is 11.4 Å². The largest absolute Gasteiger partial charge is 0.348 e. The quantitative estimate of drug-likeness (QED) is 0.321. The van der Waals surface area contributed by atoms with Crippen molar-refractivity contribution in [3.63, 3.8) is 0 Å². The van der Waals surface area contributed by atoms with Crippen LogP contribution in [0.3, 0.4) is 0 Å². The average Bonchev–Trinajstić information content (AvgIpc) is 3.19. The van der Waals surface area contributed by atoms with Gasteiger partial charge in [-0.05, 0) is 37.4 Å². The van der Waals surface area contributed by atoms with Crippen molar-refractivity contribution in [3.05, 3.63) is 69.3 Å². The normalized spacial score (nSPS) is 15.5. The summed E-state index contributed by atoms with van der Waals surface area (Å²) < 4.78 is 0. The van der Waals surface area contributed by atoms with Gasteiger partial charge in [-0.3, -0.25) is 19.7 Å². The van der Waals surface area contributed by atoms with Crippen LogP contribution >= 0.6 is 24.2 Å². The van der Waals surface area contributed by atoms with Crippen LogP contribution in [-0.4, -0.2) is 42.0 Å². The Kier molecular flexibility index (Phi) is 7.56. The maximum atomic E-state index is 13.0. The number of hydrogen-bond donors (Lipinski definition) is 2. The highest BCUT2D eigenvalue weighted by atomic mass is 35.5. The van der Waals surface area contributed by atoms with Crippen LogP contribution in [0.15, 0.2) is 47.4 Å². The molecule has 0 aromatic heterocycles. The van der Waals surface area contributed by atoms with E-state index in [-0.39, 0.29) is 46.7 Å². The van der Waals surface area contributed by atoms with Gasteiger partial charge in [-0.1, -0.05) is 18.2 Å². The summed E-state index contributed by atoms with van der Waals surface area (Å²) in [6, 6.07) is 10.9. The Labute approximate surface area is 172 Å². The van der Waals surface area contributed by atoms with Crippen molar-refractivity contribution in [2.45, 2.75) is 17.4 Å². The van der Waals surface area contributed by atoms with Crippen molar-refractivity contribution >= 4 is 41.5 Å². The number of nitro benzene ring substituents is 1. The maximum absolute atomic E-state index is 13.0. The van der Waals surface area contributed by atoms with Gasteiger partial charge in [-0.2, -0.15) is 0 Å². The average molecular weight is 422 g/mol. The number of nitrogens with zero attached hydrogens (tertiary/aromatic N) is 1. The van der Waals surface area contributed by atoms with E-state index in [4.69, 9.17) is 0 Å². The van der Waals surface area contributed by atoms with E-state index in [1.807, 2.05) is 0 Å². The second kappa shape index (κ2) is 9.68. The summed E-state index contributed by atoms with van der Waals surface area (Å²) >= 11 is 1.24. The Morgan fingerprint density at radius 3 is 2.54 bits per heavy atom. The standard InChI is InChI=1S/C19H19N3O4S.ClH/c1-27-17-7-6-12(10-16(17)22(25)26)18(23)14-4-2-3-5-15(14)19(24)21-13-8-9-20-11-13;/h2-7,10,13,20H,8-9,11H2,1H3,(H,21,24);1H. The predicted octanol–water partition coefficient (Wildman–Crippen LogP) is 3.06. The highest BCUT2D eigenvalue weighted by Gasteiger charge is 2.23. The first-order valence-electron chi connectivity index (χ1n) is 8.49. The molecule has 0 radical (unpaired) electrons. The lowest BCUT2D eigenvalue weighted by atomic mass is 9.97. The molecule has 1 fully saturated rings. The molecule has 0 aliphatic carbocycles. The van der Waals surface area contributed by atoms with Gasteiger partial charge in [-0.15, -0.1) is 24.2 Å². The number of hydrogen-bond acceptors (Lipinski definition) is 6. The van der Waals surface area contributed by atoms with Crippen molar-refractivity contribution in [3.8, 4) is 0 Å². The van der Waals surface area contributed by atoms with Gasteiger partial charge in [0, 0.05) is 29.8 Å². The van der Waals surface area contributed by atoms with Crippen LogP contribution in [0, 0.1) is 10.1 Å². The van der Waals surface area contributed by atoms with Crippen molar-refractivity contribution in [1.82, 2.24) is 10.6 Å². The molecule has 1 saturated heterocycles. The Bertz CT molecular complexity index is 900. The summed E-state index contributed by atoms with van der Waals surface area (Å²) in [6.45, 7) is 1.54. The first-order valence-corrected chi connectivity index (χ1v) is 9.71. The molecule has 7 nitrogen and oxygen atoms in total. The van der Waals surface area contributed by atoms with Crippen LogP contribution in [0.4, 0.5) is 5.69 Å². The van der Waals surface area contributed by atoms with Gasteiger partial charge in [0.05, 0.1) is 15.4 Å². The van der Waals surface area contributed by atoms with E-state index < -0.39 is 10.7 Å². The van der Waals surface area contributed by atoms with Crippen LogP contribution < -0.4 is 10.6 Å². The van der Waals surface area contributed by atoms with Gasteiger partial charge in [0.2, 0.25) is 0 Å². The molecule has 2 aromatic rings. The number of carbonyl (C=O) groups is 2. The lowest BCUT2D eigenvalue weighted by Crippen LogP contribution is -2.36. The minimum absolute atomic E-state index is 0. The van der Waals surface area contributed by atoms with E-state index in [0.717, 1.165) is 13.0 Å². The number of thioether (sulfide) groups is 1. The van der Waals surface area contributed by atoms with Crippen LogP contribution in [0.2, 0.25) is 0 Å². The molecule has 1 amide bonds. The highest BCUT2D eigenvalue weighted by molar-refractivity contribution is 7.98. The fourth-order valence-corrected chi connectivity index (χ4v) is 3.60. The van der Waals surface area contributed by atoms with E-state index in [9.17, 15) is 19.7 Å². The van der Waals surface area contributed by atoms with Gasteiger partial charge >= 0.3 is 0 Å². The number of ketones is 1. The number of nitro groups is 1. The molecule has 1 heterocycles. The maximum Gasteiger partial charge on any atom is 0.283 e. The second-order valence-corrected chi connectivity index (χ2v) is 7.03. The molecule has 9 heteroatoms. The molecule has 0 saturated carbocycles. The zero-order valence-corrected chi connectivity index (χ0v) is 16.8. The van der Waals surface area contributed by atoms with Crippen LogP contribution in [-0.2, 0) is 0 Å². The van der Waals surface area contributed by atoms with Crippen molar-refractivity contribution in [2.75, 3.05) is 19.3 Å². The molecule has 1 atom stereocenters. The molecular weight excluding hydrogens is 402 g/mol. The van der Waals surface area contributed by atoms with Gasteiger partial charge < -0.3 is 10.6 Å². The molecule has 1 aliphatic rings. The molecule has 0 spiro atoms. The molecule has 2 aromatic carbocycles. The van der Waals surface area contributed by atoms with Gasteiger partial charge in [0.1, 0.15) is 0 Å². The number of halogens is 1. The van der Waals surface area contributed by atoms with Crippen molar-refractivity contribution in [2.24, 2.45) is 0 Å². The summed E-state index contributed by atoms with van der Waals surface area (Å²) in [5.74, 6) is -0.732. The summed E-state index contributed by atoms with van der Waals surface area (Å²) in [5, 5.41) is 17.4. The van der Waals surface area contributed by atoms with Gasteiger partial charge in [-0.25, -0.2) is 0 Å². The number of rotatable bonds is 6. The predicted molar refractivity (Wildman–Crippen MR) is 111 cm³/mol. The number of amides is 1. The first-order chi connectivity index (χ1) is 13.0. The van der Waals surface area contributed by atoms with E-state index in [1.165, 1.54) is 17.8 Å². The summed E-state index contributed by atoms with van der Waals surface area (Å²) in [7, 11) is 0. The first kappa shape index (κ1) is 21.9. The molecule has 148 valence electrons. The molecular formula is C19H20ClN3O4S. The summed E-state index contributed by atoms with van der Waals surface area (Å²) in [4.78, 5) is 36.8. The third-order valence-corrected chi connectivity index (χ3v) is 5.23. The fraction of sp³-hybridized carbons (Fsp3) is 0.263. The SMILES string of the molecule is CSc1ccc(C(=O)c2ccccc2C(=O)NC2CCNC2)cc1[N+](=O)[O-].Cl. The number of carbonyl (C=O) groups excluding carboxylic acids is 2. The molecule has 2 N–H and O–H groups in total. The van der Waals surface area contributed by atoms with Gasteiger partial charge in [0.15, 0.2) is 5.78 Å². The van der Waals surface area contributed by atoms with Crippen molar-refractivity contribution in [1.29, 1.82) is 0 Å². The van der Waals surface area contributed by atoms with E-state index >= 15 is 0 Å². The Balaban J connectivity index is 0.00000280. The molecule has 0 bridgehead atoms. The Morgan fingerprint density at radius 2 is 1.93 bits per heavy atom. The second-order valence-electron chi connectivity index (χ2n) is 6.18. The third-order valence-electron chi connectivity index (χ3n) is 4.45. The lowest BCUT2D eigenvalue weighted by molar-refractivity contribution is -0.387. The highest BCUT2D eigenvalue weighted by Crippen LogP contribution is 2.29. The topological polar surface area (TPSA) is 101 Å². The smallest absolute Gasteiger partial charge is 0.283 e. The summed E-state index contributed by atoms with van der Waals surface area (Å²) in [6.07, 6.45) is 2.57. The Hall–Kier alpha value is -2.42. The number of nitrogens with one attached hydrogen (secondary N) is 2. The van der Waals surface area contributed by atoms with Crippen LogP contribution in [0.1, 0.15) is 32.7 Å². The van der Waals surface area contributed by atoms with Crippen molar-refractivity contribution < 1.29 is 14.5 Å². The fourth-order valence-electron chi connectivity index (χ4n) is 3.05. The third kappa shape index (κ3) is 4.70. The monoisotopic (exact) mass is 421 g/mol. The zero-order valence-electron chi connectivity index (χ0n) is 15.1. The van der Waals surface area contributed by atoms with Crippen LogP contribution in [0.25, 0.3) is 0 Å². The molecule has 1 aliphatic heterocycles. The van der Waals surface area contributed by atoms with E-state index in [2.05, 4.69) is 10.6 Å². The summed E-state index contributed by atoms with van der Waals surface area (Å²) in [5.41, 5.74) is 0.563. The minimum atomic E-state index is -0.506. The van der Waals surface area contributed by atoms with E-state index in [1.54, 1.807) is 42.7 Å². The molecule has 28 heavy (non-hydrogen) atoms. The minimum Gasteiger partial charge on any atom is -0.348 e. The Morgan fingerprint density at radius 1 is 1.21 bits per heavy atom. The van der Waals surface area contributed by atoms with Crippen LogP contribution in [0.5, 0.6) is 0 Å². The lowest BCUT2D eigenvalue weighted by Gasteiger charge is -2.13. The zero-order chi connectivity index (χ0) is 19.4.